The van der Waals surface area contributed by atoms with Gasteiger partial charge in [0.25, 0.3) is 0 Å². The van der Waals surface area contributed by atoms with Crippen LogP contribution in [0.5, 0.6) is 5.75 Å². The zero-order valence-electron chi connectivity index (χ0n) is 8.30. The van der Waals surface area contributed by atoms with E-state index in [1.165, 1.54) is 0 Å². The van der Waals surface area contributed by atoms with Crippen LogP contribution < -0.4 is 5.43 Å². The molecule has 0 bridgehead atoms. The maximum atomic E-state index is 11.8. The maximum Gasteiger partial charge on any atom is 0.210 e. The second-order valence-corrected chi connectivity index (χ2v) is 4.25. The average Bonchev–Trinajstić information content (AvgIpc) is 2.13. The zero-order chi connectivity index (χ0) is 11.2. The molecule has 0 unspecified atom stereocenters. The molecule has 0 radical (unpaired) electrons. The highest BCUT2D eigenvalue weighted by Gasteiger charge is 2.12. The van der Waals surface area contributed by atoms with Crippen LogP contribution in [0.2, 0.25) is 0 Å². The molecule has 0 aliphatic rings. The number of aromatic hydroxyl groups is 1. The Labute approximate surface area is 94.5 Å². The van der Waals surface area contributed by atoms with Gasteiger partial charge in [0.15, 0.2) is 0 Å². The Kier molecular flexibility index (Phi) is 2.31. The van der Waals surface area contributed by atoms with Crippen molar-refractivity contribution < 1.29 is 9.52 Å². The van der Waals surface area contributed by atoms with E-state index in [9.17, 15) is 9.90 Å². The van der Waals surface area contributed by atoms with E-state index in [2.05, 4.69) is 15.9 Å². The first-order valence-corrected chi connectivity index (χ1v) is 5.22. The summed E-state index contributed by atoms with van der Waals surface area (Å²) in [6.07, 6.45) is 0. The first-order chi connectivity index (χ1) is 7.00. The second-order valence-electron chi connectivity index (χ2n) is 3.46. The van der Waals surface area contributed by atoms with E-state index < -0.39 is 0 Å². The van der Waals surface area contributed by atoms with Crippen molar-refractivity contribution in [2.24, 2.45) is 0 Å². The van der Waals surface area contributed by atoms with Gasteiger partial charge in [-0.05, 0) is 47.5 Å². The van der Waals surface area contributed by atoms with Crippen LogP contribution in [0.3, 0.4) is 0 Å². The molecule has 1 heterocycles. The van der Waals surface area contributed by atoms with Gasteiger partial charge >= 0.3 is 0 Å². The van der Waals surface area contributed by atoms with Gasteiger partial charge in [-0.2, -0.15) is 0 Å². The van der Waals surface area contributed by atoms with Gasteiger partial charge in [-0.15, -0.1) is 0 Å². The van der Waals surface area contributed by atoms with Crippen molar-refractivity contribution in [3.63, 3.8) is 0 Å². The highest BCUT2D eigenvalue weighted by atomic mass is 79.9. The molecule has 0 aliphatic heterocycles. The first-order valence-electron chi connectivity index (χ1n) is 4.43. The van der Waals surface area contributed by atoms with Crippen LogP contribution in [0.15, 0.2) is 25.8 Å². The summed E-state index contributed by atoms with van der Waals surface area (Å²) in [4.78, 5) is 11.8. The number of rotatable bonds is 0. The molecule has 0 aliphatic carbocycles. The van der Waals surface area contributed by atoms with Gasteiger partial charge in [-0.3, -0.25) is 4.79 Å². The number of hydrogen-bond donors (Lipinski definition) is 1. The van der Waals surface area contributed by atoms with Crippen LogP contribution in [0.4, 0.5) is 0 Å². The molecule has 2 aromatic rings. The van der Waals surface area contributed by atoms with Crippen molar-refractivity contribution in [3.05, 3.63) is 38.2 Å². The Hall–Kier alpha value is -1.29. The molecule has 1 aromatic heterocycles. The van der Waals surface area contributed by atoms with E-state index >= 15 is 0 Å². The summed E-state index contributed by atoms with van der Waals surface area (Å²) in [5, 5.41) is 9.89. The molecule has 1 aromatic carbocycles. The Bertz CT molecular complexity index is 599. The summed E-state index contributed by atoms with van der Waals surface area (Å²) >= 11 is 3.14. The summed E-state index contributed by atoms with van der Waals surface area (Å²) < 4.78 is 5.78. The number of benzene rings is 1. The lowest BCUT2D eigenvalue weighted by molar-refractivity contribution is 0.478. The molecule has 2 rings (SSSR count). The number of phenolic OH excluding ortho intramolecular Hbond substituents is 1. The van der Waals surface area contributed by atoms with Gasteiger partial charge < -0.3 is 9.52 Å². The SMILES string of the molecule is Cc1cc(O)c2c(=O)c(Br)c(C)oc2c1. The maximum absolute atomic E-state index is 11.8. The Balaban J connectivity index is 3.06. The van der Waals surface area contributed by atoms with E-state index in [4.69, 9.17) is 4.42 Å². The predicted octanol–water partition coefficient (Wildman–Crippen LogP) is 2.88. The van der Waals surface area contributed by atoms with Gasteiger partial charge in [0.2, 0.25) is 5.43 Å². The van der Waals surface area contributed by atoms with Crippen molar-refractivity contribution in [1.29, 1.82) is 0 Å². The summed E-state index contributed by atoms with van der Waals surface area (Å²) in [5.74, 6) is 0.469. The fourth-order valence-corrected chi connectivity index (χ4v) is 1.80. The minimum absolute atomic E-state index is 0.0422. The molecular formula is C11H9BrO3. The fraction of sp³-hybridized carbons (Fsp3) is 0.182. The largest absolute Gasteiger partial charge is 0.507 e. The lowest BCUT2D eigenvalue weighted by atomic mass is 10.1. The molecule has 0 spiro atoms. The molecule has 4 heteroatoms. The average molecular weight is 269 g/mol. The molecule has 0 atom stereocenters. The lowest BCUT2D eigenvalue weighted by Gasteiger charge is -2.04. The monoisotopic (exact) mass is 268 g/mol. The van der Waals surface area contributed by atoms with Crippen LogP contribution in [-0.4, -0.2) is 5.11 Å². The third kappa shape index (κ3) is 1.55. The standard InChI is InChI=1S/C11H9BrO3/c1-5-3-7(13)9-8(4-5)15-6(2)10(12)11(9)14/h3-4,13H,1-2H3. The van der Waals surface area contributed by atoms with E-state index in [1.54, 1.807) is 19.1 Å². The molecule has 0 saturated carbocycles. The molecular weight excluding hydrogens is 260 g/mol. The van der Waals surface area contributed by atoms with Crippen molar-refractivity contribution in [1.82, 2.24) is 0 Å². The van der Waals surface area contributed by atoms with Gasteiger partial charge in [0.1, 0.15) is 27.0 Å². The van der Waals surface area contributed by atoms with Crippen LogP contribution in [0, 0.1) is 13.8 Å². The number of halogens is 1. The summed E-state index contributed by atoms with van der Waals surface area (Å²) in [6, 6.07) is 3.27. The number of fused-ring (bicyclic) bond motifs is 1. The third-order valence-electron chi connectivity index (χ3n) is 2.22. The van der Waals surface area contributed by atoms with Gasteiger partial charge in [0.05, 0.1) is 0 Å². The van der Waals surface area contributed by atoms with E-state index in [0.29, 0.717) is 15.8 Å². The Morgan fingerprint density at radius 1 is 1.33 bits per heavy atom. The normalized spacial score (nSPS) is 10.9. The van der Waals surface area contributed by atoms with Crippen LogP contribution in [0.1, 0.15) is 11.3 Å². The fourth-order valence-electron chi connectivity index (χ4n) is 1.52. The van der Waals surface area contributed by atoms with Crippen LogP contribution in [-0.2, 0) is 0 Å². The molecule has 0 fully saturated rings. The minimum atomic E-state index is -0.244. The summed E-state index contributed by atoms with van der Waals surface area (Å²) in [7, 11) is 0. The Morgan fingerprint density at radius 2 is 2.00 bits per heavy atom. The molecule has 78 valence electrons. The highest BCUT2D eigenvalue weighted by molar-refractivity contribution is 9.10. The van der Waals surface area contributed by atoms with Crippen molar-refractivity contribution in [2.75, 3.05) is 0 Å². The van der Waals surface area contributed by atoms with Crippen molar-refractivity contribution >= 4 is 26.9 Å². The summed E-state index contributed by atoms with van der Waals surface area (Å²) in [5.41, 5.74) is 1.02. The van der Waals surface area contributed by atoms with Gasteiger partial charge in [0, 0.05) is 0 Å². The van der Waals surface area contributed by atoms with Crippen molar-refractivity contribution in [3.8, 4) is 5.75 Å². The number of aryl methyl sites for hydroxylation is 2. The zero-order valence-corrected chi connectivity index (χ0v) is 9.88. The molecule has 3 nitrogen and oxygen atoms in total. The summed E-state index contributed by atoms with van der Waals surface area (Å²) in [6.45, 7) is 3.53. The van der Waals surface area contributed by atoms with Gasteiger partial charge in [-0.25, -0.2) is 0 Å². The first kappa shape index (κ1) is 10.2. The second kappa shape index (κ2) is 3.38. The van der Waals surface area contributed by atoms with E-state index in [1.807, 2.05) is 6.92 Å². The molecule has 0 amide bonds. The van der Waals surface area contributed by atoms with Crippen LogP contribution >= 0.6 is 15.9 Å². The topological polar surface area (TPSA) is 50.4 Å². The number of phenols is 1. The minimum Gasteiger partial charge on any atom is -0.507 e. The van der Waals surface area contributed by atoms with Crippen molar-refractivity contribution in [2.45, 2.75) is 13.8 Å². The predicted molar refractivity (Wildman–Crippen MR) is 61.3 cm³/mol. The van der Waals surface area contributed by atoms with E-state index in [-0.39, 0.29) is 16.6 Å². The molecule has 0 saturated heterocycles. The smallest absolute Gasteiger partial charge is 0.210 e. The molecule has 1 N–H and O–H groups in total. The third-order valence-corrected chi connectivity index (χ3v) is 3.14. The Morgan fingerprint density at radius 3 is 2.67 bits per heavy atom. The van der Waals surface area contributed by atoms with Crippen LogP contribution in [0.25, 0.3) is 11.0 Å². The van der Waals surface area contributed by atoms with E-state index in [0.717, 1.165) is 5.56 Å². The highest BCUT2D eigenvalue weighted by Crippen LogP contribution is 2.26. The number of hydrogen-bond acceptors (Lipinski definition) is 3. The lowest BCUT2D eigenvalue weighted by Crippen LogP contribution is -2.04. The molecule has 15 heavy (non-hydrogen) atoms. The van der Waals surface area contributed by atoms with Gasteiger partial charge in [-0.1, -0.05) is 0 Å². The quantitative estimate of drug-likeness (QED) is 0.800.